The molecule has 0 unspecified atom stereocenters. The highest BCUT2D eigenvalue weighted by Crippen LogP contribution is 2.41. The number of aliphatic imine (C=N–C) groups is 1. The normalized spacial score (nSPS) is 10.9. The summed E-state index contributed by atoms with van der Waals surface area (Å²) in [6.45, 7) is 1.92. The van der Waals surface area contributed by atoms with Gasteiger partial charge >= 0.3 is 5.69 Å². The first-order valence-electron chi connectivity index (χ1n) is 8.98. The minimum Gasteiger partial charge on any atom is -0.493 e. The van der Waals surface area contributed by atoms with Crippen molar-refractivity contribution >= 4 is 57.5 Å². The zero-order valence-corrected chi connectivity index (χ0v) is 19.7. The van der Waals surface area contributed by atoms with Gasteiger partial charge in [-0.3, -0.25) is 25.2 Å². The van der Waals surface area contributed by atoms with Crippen molar-refractivity contribution in [2.75, 3.05) is 7.11 Å². The van der Waals surface area contributed by atoms with Crippen molar-refractivity contribution in [1.82, 2.24) is 0 Å². The Bertz CT molecular complexity index is 1250. The van der Waals surface area contributed by atoms with E-state index in [0.29, 0.717) is 25.6 Å². The smallest absolute Gasteiger partial charge is 0.318 e. The Morgan fingerprint density at radius 3 is 2.44 bits per heavy atom. The summed E-state index contributed by atoms with van der Waals surface area (Å²) in [5, 5.41) is 22.9. The van der Waals surface area contributed by atoms with Crippen LogP contribution in [-0.4, -0.2) is 23.2 Å². The first kappa shape index (κ1) is 23.4. The predicted molar refractivity (Wildman–Crippen MR) is 129 cm³/mol. The van der Waals surface area contributed by atoms with Crippen LogP contribution < -0.4 is 9.47 Å². The predicted octanol–water partition coefficient (Wildman–Crippen LogP) is 6.62. The number of nitrogens with zero attached hydrogens (tertiary/aromatic N) is 3. The lowest BCUT2D eigenvalue weighted by atomic mass is 10.2. The van der Waals surface area contributed by atoms with Crippen LogP contribution in [0.25, 0.3) is 0 Å². The lowest BCUT2D eigenvalue weighted by Gasteiger charge is -2.13. The van der Waals surface area contributed by atoms with Crippen molar-refractivity contribution in [3.8, 4) is 17.2 Å². The second-order valence-corrected chi connectivity index (χ2v) is 8.09. The van der Waals surface area contributed by atoms with E-state index in [1.165, 1.54) is 13.2 Å². The molecule has 0 aliphatic rings. The number of non-ortho nitro benzene ring substituents is 1. The first-order chi connectivity index (χ1) is 15.2. The fourth-order valence-corrected chi connectivity index (χ4v) is 3.64. The Kier molecular flexibility index (Phi) is 7.26. The van der Waals surface area contributed by atoms with Crippen LogP contribution in [0.1, 0.15) is 11.1 Å². The highest BCUT2D eigenvalue weighted by atomic mass is 127. The average Bonchev–Trinajstić information content (AvgIpc) is 2.75. The standard InChI is InChI=1S/C21H15ClIN3O6/c1-12-3-4-14(22)9-17(12)24-11-13-7-16(23)21(20(8-13)31-2)32-19-6-5-15(25(27)28)10-18(19)26(29)30/h3-11H,1-2H3. The molecule has 0 amide bonds. The number of rotatable bonds is 7. The third-order valence-corrected chi connectivity index (χ3v) is 5.37. The fraction of sp³-hybridized carbons (Fsp3) is 0.0952. The third kappa shape index (κ3) is 5.32. The van der Waals surface area contributed by atoms with Gasteiger partial charge in [0, 0.05) is 17.3 Å². The number of nitro benzene ring substituents is 2. The molecule has 0 aromatic heterocycles. The van der Waals surface area contributed by atoms with E-state index in [-0.39, 0.29) is 11.5 Å². The molecule has 0 heterocycles. The molecule has 0 saturated carbocycles. The molecule has 0 bridgehead atoms. The molecule has 9 nitrogen and oxygen atoms in total. The molecule has 0 spiro atoms. The monoisotopic (exact) mass is 567 g/mol. The van der Waals surface area contributed by atoms with Gasteiger partial charge in [-0.25, -0.2) is 0 Å². The molecule has 0 radical (unpaired) electrons. The van der Waals surface area contributed by atoms with Gasteiger partial charge in [0.25, 0.3) is 5.69 Å². The van der Waals surface area contributed by atoms with E-state index in [1.54, 1.807) is 30.5 Å². The number of aryl methyl sites for hydroxylation is 1. The van der Waals surface area contributed by atoms with Crippen LogP contribution in [0, 0.1) is 30.7 Å². The summed E-state index contributed by atoms with van der Waals surface area (Å²) in [5.41, 5.74) is 1.44. The highest BCUT2D eigenvalue weighted by molar-refractivity contribution is 14.1. The zero-order valence-electron chi connectivity index (χ0n) is 16.7. The number of methoxy groups -OCH3 is 1. The second-order valence-electron chi connectivity index (χ2n) is 6.49. The van der Waals surface area contributed by atoms with E-state index < -0.39 is 21.2 Å². The number of benzene rings is 3. The second kappa shape index (κ2) is 9.92. The largest absolute Gasteiger partial charge is 0.493 e. The van der Waals surface area contributed by atoms with Crippen molar-refractivity contribution in [1.29, 1.82) is 0 Å². The number of halogens is 2. The summed E-state index contributed by atoms with van der Waals surface area (Å²) in [4.78, 5) is 25.4. The Balaban J connectivity index is 1.97. The van der Waals surface area contributed by atoms with Crippen LogP contribution in [0.4, 0.5) is 17.1 Å². The molecule has 11 heteroatoms. The van der Waals surface area contributed by atoms with Gasteiger partial charge in [0.05, 0.1) is 32.3 Å². The fourth-order valence-electron chi connectivity index (χ4n) is 2.74. The highest BCUT2D eigenvalue weighted by Gasteiger charge is 2.23. The molecule has 3 aromatic carbocycles. The number of hydrogen-bond donors (Lipinski definition) is 0. The summed E-state index contributed by atoms with van der Waals surface area (Å²) in [6, 6.07) is 12.0. The molecular weight excluding hydrogens is 553 g/mol. The summed E-state index contributed by atoms with van der Waals surface area (Å²) in [5.74, 6) is 0.405. The number of nitro groups is 2. The summed E-state index contributed by atoms with van der Waals surface area (Å²) >= 11 is 8.04. The number of hydrogen-bond acceptors (Lipinski definition) is 7. The van der Waals surface area contributed by atoms with Gasteiger partial charge in [0.2, 0.25) is 5.75 Å². The van der Waals surface area contributed by atoms with Crippen LogP contribution in [0.3, 0.4) is 0 Å². The minimum absolute atomic E-state index is 0.146. The maximum Gasteiger partial charge on any atom is 0.318 e. The van der Waals surface area contributed by atoms with Crippen molar-refractivity contribution in [2.45, 2.75) is 6.92 Å². The van der Waals surface area contributed by atoms with Gasteiger partial charge < -0.3 is 9.47 Å². The van der Waals surface area contributed by atoms with Gasteiger partial charge in [-0.1, -0.05) is 17.7 Å². The molecule has 3 rings (SSSR count). The Morgan fingerprint density at radius 2 is 1.78 bits per heavy atom. The lowest BCUT2D eigenvalue weighted by molar-refractivity contribution is -0.394. The van der Waals surface area contributed by atoms with Gasteiger partial charge in [-0.2, -0.15) is 0 Å². The Morgan fingerprint density at radius 1 is 1.03 bits per heavy atom. The molecule has 164 valence electrons. The van der Waals surface area contributed by atoms with Crippen LogP contribution >= 0.6 is 34.2 Å². The molecule has 0 aliphatic carbocycles. The van der Waals surface area contributed by atoms with Crippen LogP contribution in [0.2, 0.25) is 5.02 Å². The quantitative estimate of drug-likeness (QED) is 0.137. The molecule has 0 N–H and O–H groups in total. The summed E-state index contributed by atoms with van der Waals surface area (Å²) in [7, 11) is 1.44. The van der Waals surface area contributed by atoms with E-state index in [0.717, 1.165) is 17.7 Å². The molecule has 0 saturated heterocycles. The van der Waals surface area contributed by atoms with Crippen LogP contribution in [0.5, 0.6) is 17.2 Å². The van der Waals surface area contributed by atoms with E-state index in [2.05, 4.69) is 4.99 Å². The first-order valence-corrected chi connectivity index (χ1v) is 10.4. The Hall–Kier alpha value is -3.25. The minimum atomic E-state index is -0.740. The average molecular weight is 568 g/mol. The molecule has 0 atom stereocenters. The number of ether oxygens (including phenoxy) is 2. The zero-order chi connectivity index (χ0) is 23.4. The molecule has 3 aromatic rings. The summed E-state index contributed by atoms with van der Waals surface area (Å²) in [6.07, 6.45) is 1.64. The van der Waals surface area contributed by atoms with E-state index in [4.69, 9.17) is 21.1 Å². The van der Waals surface area contributed by atoms with Gasteiger partial charge in [0.1, 0.15) is 0 Å². The van der Waals surface area contributed by atoms with Crippen molar-refractivity contribution in [3.05, 3.63) is 88.5 Å². The molecule has 0 aliphatic heterocycles. The third-order valence-electron chi connectivity index (χ3n) is 4.34. The maximum atomic E-state index is 11.4. The topological polar surface area (TPSA) is 117 Å². The lowest BCUT2D eigenvalue weighted by Crippen LogP contribution is -1.99. The maximum absolute atomic E-state index is 11.4. The molecule has 32 heavy (non-hydrogen) atoms. The van der Waals surface area contributed by atoms with Crippen molar-refractivity contribution < 1.29 is 19.3 Å². The van der Waals surface area contributed by atoms with E-state index in [1.807, 2.05) is 35.6 Å². The van der Waals surface area contributed by atoms with Gasteiger partial charge in [0.15, 0.2) is 11.5 Å². The van der Waals surface area contributed by atoms with Crippen LogP contribution in [0.15, 0.2) is 53.5 Å². The molecule has 0 fully saturated rings. The molecular formula is C21H15ClIN3O6. The van der Waals surface area contributed by atoms with Gasteiger partial charge in [-0.05, 0) is 71.0 Å². The van der Waals surface area contributed by atoms with E-state index in [9.17, 15) is 20.2 Å². The van der Waals surface area contributed by atoms with Crippen LogP contribution in [-0.2, 0) is 0 Å². The summed E-state index contributed by atoms with van der Waals surface area (Å²) < 4.78 is 11.8. The van der Waals surface area contributed by atoms with Gasteiger partial charge in [-0.15, -0.1) is 0 Å². The van der Waals surface area contributed by atoms with Crippen molar-refractivity contribution in [3.63, 3.8) is 0 Å². The van der Waals surface area contributed by atoms with Crippen molar-refractivity contribution in [2.24, 2.45) is 4.99 Å². The Labute approximate surface area is 201 Å². The SMILES string of the molecule is COc1cc(C=Nc2cc(Cl)ccc2C)cc(I)c1Oc1ccc([N+](=O)[O-])cc1[N+](=O)[O-]. The van der Waals surface area contributed by atoms with E-state index >= 15 is 0 Å².